The Labute approximate surface area is 106 Å². The van der Waals surface area contributed by atoms with Crippen molar-refractivity contribution in [3.05, 3.63) is 18.0 Å². The second-order valence-corrected chi connectivity index (χ2v) is 4.29. The monoisotopic (exact) mass is 250 g/mol. The van der Waals surface area contributed by atoms with Crippen molar-refractivity contribution in [1.82, 2.24) is 39.9 Å². The highest BCUT2D eigenvalue weighted by Gasteiger charge is 2.11. The van der Waals surface area contributed by atoms with Crippen LogP contribution in [0.3, 0.4) is 0 Å². The fourth-order valence-electron chi connectivity index (χ4n) is 1.72. The van der Waals surface area contributed by atoms with Crippen molar-refractivity contribution in [3.8, 4) is 0 Å². The van der Waals surface area contributed by atoms with Gasteiger partial charge in [0, 0.05) is 13.6 Å². The average Bonchev–Trinajstić information content (AvgIpc) is 2.91. The Morgan fingerprint density at radius 3 is 2.72 bits per heavy atom. The number of hydrogen-bond acceptors (Lipinski definition) is 6. The Bertz CT molecular complexity index is 488. The molecule has 0 radical (unpaired) electrons. The van der Waals surface area contributed by atoms with Gasteiger partial charge in [-0.1, -0.05) is 6.92 Å². The lowest BCUT2D eigenvalue weighted by molar-refractivity contribution is 0.290. The van der Waals surface area contributed by atoms with Gasteiger partial charge < -0.3 is 0 Å². The molecule has 2 heterocycles. The Balaban J connectivity index is 1.96. The molecule has 2 aromatic rings. The largest absolute Gasteiger partial charge is 0.291 e. The predicted octanol–water partition coefficient (Wildman–Crippen LogP) is -0.156. The summed E-state index contributed by atoms with van der Waals surface area (Å²) in [5.74, 6) is 1.80. The molecule has 0 spiro atoms. The van der Waals surface area contributed by atoms with Gasteiger partial charge in [-0.15, -0.1) is 5.10 Å². The van der Waals surface area contributed by atoms with Gasteiger partial charge in [-0.2, -0.15) is 5.10 Å². The fourth-order valence-corrected chi connectivity index (χ4v) is 1.72. The summed E-state index contributed by atoms with van der Waals surface area (Å²) in [5.41, 5.74) is 0. The molecule has 0 aliphatic heterocycles. The summed E-state index contributed by atoms with van der Waals surface area (Å²) in [7, 11) is 3.90. The van der Waals surface area contributed by atoms with E-state index >= 15 is 0 Å². The molecule has 0 atom stereocenters. The van der Waals surface area contributed by atoms with Crippen molar-refractivity contribution in [2.75, 3.05) is 7.05 Å². The van der Waals surface area contributed by atoms with Gasteiger partial charge in [-0.05, 0) is 23.9 Å². The molecule has 98 valence electrons. The molecular weight excluding hydrogens is 232 g/mol. The van der Waals surface area contributed by atoms with Gasteiger partial charge in [0.2, 0.25) is 0 Å². The molecule has 0 bridgehead atoms. The molecule has 0 aliphatic carbocycles. The second kappa shape index (κ2) is 5.67. The van der Waals surface area contributed by atoms with Gasteiger partial charge in [0.25, 0.3) is 0 Å². The molecule has 0 fully saturated rings. The molecule has 8 heteroatoms. The van der Waals surface area contributed by atoms with E-state index < -0.39 is 0 Å². The molecule has 0 N–H and O–H groups in total. The fraction of sp³-hybridized carbons (Fsp3) is 0.700. The number of aryl methyl sites for hydroxylation is 2. The number of rotatable bonds is 6. The van der Waals surface area contributed by atoms with E-state index in [1.165, 1.54) is 0 Å². The summed E-state index contributed by atoms with van der Waals surface area (Å²) in [6.45, 7) is 4.37. The normalized spacial score (nSPS) is 11.3. The van der Waals surface area contributed by atoms with Crippen molar-refractivity contribution in [1.29, 1.82) is 0 Å². The van der Waals surface area contributed by atoms with Gasteiger partial charge in [-0.25, -0.2) is 9.67 Å². The average molecular weight is 250 g/mol. The first-order valence-corrected chi connectivity index (χ1v) is 5.97. The second-order valence-electron chi connectivity index (χ2n) is 4.29. The molecule has 0 saturated carbocycles. The summed E-state index contributed by atoms with van der Waals surface area (Å²) >= 11 is 0. The third-order valence-corrected chi connectivity index (χ3v) is 2.67. The minimum absolute atomic E-state index is 0.694. The predicted molar refractivity (Wildman–Crippen MR) is 64.3 cm³/mol. The van der Waals surface area contributed by atoms with Gasteiger partial charge in [-0.3, -0.25) is 9.58 Å². The van der Waals surface area contributed by atoms with Crippen LogP contribution in [0.5, 0.6) is 0 Å². The molecule has 0 aliphatic rings. The van der Waals surface area contributed by atoms with Crippen molar-refractivity contribution in [3.63, 3.8) is 0 Å². The maximum Gasteiger partial charge on any atom is 0.165 e. The smallest absolute Gasteiger partial charge is 0.165 e. The van der Waals surface area contributed by atoms with Crippen molar-refractivity contribution < 1.29 is 0 Å². The lowest BCUT2D eigenvalue weighted by Crippen LogP contribution is -2.22. The molecule has 0 amide bonds. The van der Waals surface area contributed by atoms with Crippen LogP contribution in [0, 0.1) is 0 Å². The van der Waals surface area contributed by atoms with Crippen LogP contribution in [0.25, 0.3) is 0 Å². The van der Waals surface area contributed by atoms with Crippen molar-refractivity contribution in [2.45, 2.75) is 33.0 Å². The van der Waals surface area contributed by atoms with Gasteiger partial charge in [0.15, 0.2) is 5.82 Å². The Morgan fingerprint density at radius 1 is 1.28 bits per heavy atom. The summed E-state index contributed by atoms with van der Waals surface area (Å²) in [6, 6.07) is 0. The third kappa shape index (κ3) is 2.89. The van der Waals surface area contributed by atoms with Crippen LogP contribution in [-0.4, -0.2) is 46.9 Å². The van der Waals surface area contributed by atoms with E-state index in [1.807, 2.05) is 18.8 Å². The zero-order valence-corrected chi connectivity index (χ0v) is 11.0. The van der Waals surface area contributed by atoms with Crippen LogP contribution >= 0.6 is 0 Å². The standard InChI is InChI=1S/C10H18N8/c1-4-5-18-10(13-14-15-18)7-16(2)6-9-11-8-12-17(9)3/h8H,4-7H2,1-3H3. The van der Waals surface area contributed by atoms with E-state index in [2.05, 4.69) is 37.4 Å². The highest BCUT2D eigenvalue weighted by atomic mass is 15.5. The molecule has 0 saturated heterocycles. The molecule has 2 rings (SSSR count). The van der Waals surface area contributed by atoms with Crippen molar-refractivity contribution in [2.24, 2.45) is 7.05 Å². The highest BCUT2D eigenvalue weighted by molar-refractivity contribution is 4.86. The summed E-state index contributed by atoms with van der Waals surface area (Å²) < 4.78 is 3.61. The number of tetrazole rings is 1. The van der Waals surface area contributed by atoms with E-state index in [0.717, 1.165) is 31.2 Å². The Kier molecular flexibility index (Phi) is 3.98. The topological polar surface area (TPSA) is 77.6 Å². The number of nitrogens with zero attached hydrogens (tertiary/aromatic N) is 8. The molecule has 0 unspecified atom stereocenters. The first-order valence-electron chi connectivity index (χ1n) is 5.97. The van der Waals surface area contributed by atoms with E-state index in [9.17, 15) is 0 Å². The maximum atomic E-state index is 4.20. The number of hydrogen-bond donors (Lipinski definition) is 0. The van der Waals surface area contributed by atoms with Gasteiger partial charge >= 0.3 is 0 Å². The Hall–Kier alpha value is -1.83. The van der Waals surface area contributed by atoms with Crippen LogP contribution in [0.15, 0.2) is 6.33 Å². The zero-order chi connectivity index (χ0) is 13.0. The summed E-state index contributed by atoms with van der Waals surface area (Å²) in [4.78, 5) is 6.31. The molecule has 8 nitrogen and oxygen atoms in total. The molecule has 18 heavy (non-hydrogen) atoms. The van der Waals surface area contributed by atoms with Gasteiger partial charge in [0.1, 0.15) is 12.2 Å². The highest BCUT2D eigenvalue weighted by Crippen LogP contribution is 2.03. The SMILES string of the molecule is CCCn1nnnc1CN(C)Cc1ncnn1C. The summed E-state index contributed by atoms with van der Waals surface area (Å²) in [5, 5.41) is 15.8. The lowest BCUT2D eigenvalue weighted by Gasteiger charge is -2.15. The third-order valence-electron chi connectivity index (χ3n) is 2.67. The summed E-state index contributed by atoms with van der Waals surface area (Å²) in [6.07, 6.45) is 2.58. The number of aromatic nitrogens is 7. The first-order chi connectivity index (χ1) is 8.70. The Morgan fingerprint density at radius 2 is 2.06 bits per heavy atom. The van der Waals surface area contributed by atoms with E-state index in [-0.39, 0.29) is 0 Å². The molecular formula is C10H18N8. The lowest BCUT2D eigenvalue weighted by atomic mass is 10.4. The van der Waals surface area contributed by atoms with Crippen LogP contribution in [0.4, 0.5) is 0 Å². The molecule has 0 aromatic carbocycles. The minimum Gasteiger partial charge on any atom is -0.291 e. The van der Waals surface area contributed by atoms with Crippen molar-refractivity contribution >= 4 is 0 Å². The van der Waals surface area contributed by atoms with E-state index in [1.54, 1.807) is 11.0 Å². The molecule has 2 aromatic heterocycles. The van der Waals surface area contributed by atoms with E-state index in [4.69, 9.17) is 0 Å². The maximum absolute atomic E-state index is 4.20. The quantitative estimate of drug-likeness (QED) is 0.709. The van der Waals surface area contributed by atoms with Crippen LogP contribution in [0.2, 0.25) is 0 Å². The van der Waals surface area contributed by atoms with Crippen LogP contribution < -0.4 is 0 Å². The zero-order valence-electron chi connectivity index (χ0n) is 11.0. The first kappa shape index (κ1) is 12.6. The minimum atomic E-state index is 0.694. The van der Waals surface area contributed by atoms with Gasteiger partial charge in [0.05, 0.1) is 13.1 Å². The van der Waals surface area contributed by atoms with Crippen LogP contribution in [0.1, 0.15) is 25.0 Å². The van der Waals surface area contributed by atoms with Crippen LogP contribution in [-0.2, 0) is 26.7 Å². The van der Waals surface area contributed by atoms with E-state index in [0.29, 0.717) is 6.54 Å².